The second-order valence-electron chi connectivity index (χ2n) is 8.81. The third-order valence-electron chi connectivity index (χ3n) is 5.97. The molecule has 202 valence electrons. The van der Waals surface area contributed by atoms with E-state index in [1.54, 1.807) is 18.2 Å². The molecule has 0 aliphatic heterocycles. The van der Waals surface area contributed by atoms with Crippen molar-refractivity contribution < 1.29 is 26.4 Å². The molecular formula is C29H24ClF3N2O3S. The van der Waals surface area contributed by atoms with Gasteiger partial charge in [0.1, 0.15) is 6.54 Å². The van der Waals surface area contributed by atoms with Crippen LogP contribution in [-0.2, 0) is 21.0 Å². The van der Waals surface area contributed by atoms with Crippen LogP contribution in [-0.4, -0.2) is 20.9 Å². The van der Waals surface area contributed by atoms with Gasteiger partial charge in [-0.25, -0.2) is 8.42 Å². The summed E-state index contributed by atoms with van der Waals surface area (Å²) in [5.74, 6) is -0.738. The summed E-state index contributed by atoms with van der Waals surface area (Å²) in [4.78, 5) is 13.3. The molecule has 0 heterocycles. The molecule has 4 rings (SSSR count). The van der Waals surface area contributed by atoms with Crippen molar-refractivity contribution in [2.75, 3.05) is 10.8 Å². The molecule has 1 unspecified atom stereocenters. The lowest BCUT2D eigenvalue weighted by molar-refractivity contribution is -0.137. The van der Waals surface area contributed by atoms with Gasteiger partial charge in [0.2, 0.25) is 5.91 Å². The van der Waals surface area contributed by atoms with E-state index in [-0.39, 0.29) is 9.92 Å². The van der Waals surface area contributed by atoms with Crippen molar-refractivity contribution in [3.8, 4) is 0 Å². The van der Waals surface area contributed by atoms with Gasteiger partial charge < -0.3 is 5.32 Å². The maximum Gasteiger partial charge on any atom is 0.416 e. The summed E-state index contributed by atoms with van der Waals surface area (Å²) in [5.41, 5.74) is 0.886. The van der Waals surface area contributed by atoms with E-state index in [0.29, 0.717) is 10.4 Å². The van der Waals surface area contributed by atoms with E-state index in [4.69, 9.17) is 11.6 Å². The SMILES string of the molecule is Cc1cccc(C(NC(=O)CN(c2cc(C(F)(F)F)ccc2Cl)S(=O)(=O)c2ccccc2)c2ccccc2)c1. The normalized spacial score (nSPS) is 12.5. The first kappa shape index (κ1) is 28.2. The van der Waals surface area contributed by atoms with Gasteiger partial charge in [0.25, 0.3) is 10.0 Å². The number of rotatable bonds is 8. The zero-order valence-electron chi connectivity index (χ0n) is 20.7. The lowest BCUT2D eigenvalue weighted by atomic mass is 9.97. The number of aryl methyl sites for hydroxylation is 1. The maximum absolute atomic E-state index is 13.7. The van der Waals surface area contributed by atoms with Gasteiger partial charge in [-0.3, -0.25) is 9.10 Å². The summed E-state index contributed by atoms with van der Waals surface area (Å²) in [6.45, 7) is 1.09. The number of benzene rings is 4. The quantitative estimate of drug-likeness (QED) is 0.253. The highest BCUT2D eigenvalue weighted by atomic mass is 35.5. The smallest absolute Gasteiger partial charge is 0.344 e. The summed E-state index contributed by atoms with van der Waals surface area (Å²) in [5, 5.41) is 2.60. The zero-order chi connectivity index (χ0) is 28.2. The minimum atomic E-state index is -4.76. The van der Waals surface area contributed by atoms with E-state index in [0.717, 1.165) is 28.8 Å². The van der Waals surface area contributed by atoms with Crippen molar-refractivity contribution in [1.82, 2.24) is 5.32 Å². The monoisotopic (exact) mass is 572 g/mol. The Morgan fingerprint density at radius 3 is 2.10 bits per heavy atom. The summed E-state index contributed by atoms with van der Waals surface area (Å²) < 4.78 is 68.5. The number of nitrogens with zero attached hydrogens (tertiary/aromatic N) is 1. The Balaban J connectivity index is 1.76. The molecule has 0 aromatic heterocycles. The lowest BCUT2D eigenvalue weighted by Crippen LogP contribution is -2.42. The summed E-state index contributed by atoms with van der Waals surface area (Å²) in [7, 11) is -4.49. The van der Waals surface area contributed by atoms with Crippen LogP contribution >= 0.6 is 11.6 Å². The molecule has 0 fully saturated rings. The van der Waals surface area contributed by atoms with Gasteiger partial charge in [-0.2, -0.15) is 13.2 Å². The van der Waals surface area contributed by atoms with Crippen LogP contribution < -0.4 is 9.62 Å². The number of hydrogen-bond acceptors (Lipinski definition) is 3. The van der Waals surface area contributed by atoms with Crippen molar-refractivity contribution in [2.45, 2.75) is 24.0 Å². The first-order valence-electron chi connectivity index (χ1n) is 11.8. The molecule has 0 aliphatic carbocycles. The highest BCUT2D eigenvalue weighted by Gasteiger charge is 2.35. The van der Waals surface area contributed by atoms with E-state index >= 15 is 0 Å². The van der Waals surface area contributed by atoms with Crippen LogP contribution in [0.5, 0.6) is 0 Å². The molecule has 1 amide bonds. The molecule has 0 radical (unpaired) electrons. The molecule has 4 aromatic rings. The molecule has 10 heteroatoms. The van der Waals surface area contributed by atoms with Gasteiger partial charge in [-0.15, -0.1) is 0 Å². The van der Waals surface area contributed by atoms with Gasteiger partial charge >= 0.3 is 6.18 Å². The van der Waals surface area contributed by atoms with Gasteiger partial charge in [0, 0.05) is 0 Å². The van der Waals surface area contributed by atoms with Gasteiger partial charge in [-0.05, 0) is 48.4 Å². The van der Waals surface area contributed by atoms with E-state index in [1.165, 1.54) is 24.3 Å². The van der Waals surface area contributed by atoms with Gasteiger partial charge in [0.15, 0.2) is 0 Å². The first-order chi connectivity index (χ1) is 18.5. The van der Waals surface area contributed by atoms with Crippen LogP contribution in [0.4, 0.5) is 18.9 Å². The molecule has 5 nitrogen and oxygen atoms in total. The summed E-state index contributed by atoms with van der Waals surface area (Å²) in [6, 6.07) is 25.3. The Morgan fingerprint density at radius 2 is 1.49 bits per heavy atom. The Hall–Kier alpha value is -3.82. The van der Waals surface area contributed by atoms with Crippen molar-refractivity contribution in [1.29, 1.82) is 0 Å². The Labute approximate surface area is 229 Å². The number of carbonyl (C=O) groups is 1. The van der Waals surface area contributed by atoms with Crippen LogP contribution in [0.2, 0.25) is 5.02 Å². The first-order valence-corrected chi connectivity index (χ1v) is 13.6. The van der Waals surface area contributed by atoms with Gasteiger partial charge in [-0.1, -0.05) is 90.0 Å². The molecule has 0 aliphatic rings. The third kappa shape index (κ3) is 6.61. The average Bonchev–Trinajstić information content (AvgIpc) is 2.91. The third-order valence-corrected chi connectivity index (χ3v) is 8.07. The largest absolute Gasteiger partial charge is 0.416 e. The zero-order valence-corrected chi connectivity index (χ0v) is 22.3. The fraction of sp³-hybridized carbons (Fsp3) is 0.138. The van der Waals surface area contributed by atoms with Crippen molar-refractivity contribution in [2.24, 2.45) is 0 Å². The maximum atomic E-state index is 13.7. The predicted octanol–water partition coefficient (Wildman–Crippen LogP) is 6.77. The van der Waals surface area contributed by atoms with Crippen LogP contribution in [0.1, 0.15) is 28.3 Å². The minimum absolute atomic E-state index is 0.204. The van der Waals surface area contributed by atoms with E-state index < -0.39 is 45.9 Å². The Bertz CT molecular complexity index is 1560. The molecular weight excluding hydrogens is 549 g/mol. The van der Waals surface area contributed by atoms with Crippen molar-refractivity contribution in [3.63, 3.8) is 0 Å². The molecule has 0 bridgehead atoms. The van der Waals surface area contributed by atoms with E-state index in [1.807, 2.05) is 49.4 Å². The number of carbonyl (C=O) groups excluding carboxylic acids is 1. The molecule has 1 atom stereocenters. The van der Waals surface area contributed by atoms with Crippen LogP contribution in [0.25, 0.3) is 0 Å². The average molecular weight is 573 g/mol. The number of alkyl halides is 3. The lowest BCUT2D eigenvalue weighted by Gasteiger charge is -2.27. The Kier molecular flexibility index (Phi) is 8.32. The fourth-order valence-electron chi connectivity index (χ4n) is 4.09. The fourth-order valence-corrected chi connectivity index (χ4v) is 5.81. The predicted molar refractivity (Wildman–Crippen MR) is 145 cm³/mol. The minimum Gasteiger partial charge on any atom is -0.344 e. The second-order valence-corrected chi connectivity index (χ2v) is 11.1. The van der Waals surface area contributed by atoms with Crippen LogP contribution in [0.15, 0.2) is 108 Å². The summed E-state index contributed by atoms with van der Waals surface area (Å²) >= 11 is 6.23. The van der Waals surface area contributed by atoms with Crippen LogP contribution in [0.3, 0.4) is 0 Å². The molecule has 0 spiro atoms. The number of halogens is 4. The molecule has 0 saturated carbocycles. The number of anilines is 1. The summed E-state index contributed by atoms with van der Waals surface area (Å²) in [6.07, 6.45) is -4.76. The molecule has 39 heavy (non-hydrogen) atoms. The molecule has 4 aromatic carbocycles. The standard InChI is InChI=1S/C29H24ClF3N2O3S/c1-20-9-8-12-22(17-20)28(21-10-4-2-5-11-21)34-27(36)19-35(39(37,38)24-13-6-3-7-14-24)26-18-23(29(31,32)33)15-16-25(26)30/h2-18,28H,19H2,1H3,(H,34,36). The number of amides is 1. The van der Waals surface area contributed by atoms with Crippen molar-refractivity contribution >= 4 is 33.2 Å². The highest BCUT2D eigenvalue weighted by Crippen LogP contribution is 2.37. The number of nitrogens with one attached hydrogen (secondary N) is 1. The highest BCUT2D eigenvalue weighted by molar-refractivity contribution is 7.92. The van der Waals surface area contributed by atoms with Crippen molar-refractivity contribution in [3.05, 3.63) is 130 Å². The number of sulfonamides is 1. The van der Waals surface area contributed by atoms with Crippen LogP contribution in [0, 0.1) is 6.92 Å². The van der Waals surface area contributed by atoms with E-state index in [9.17, 15) is 26.4 Å². The van der Waals surface area contributed by atoms with E-state index in [2.05, 4.69) is 5.32 Å². The topological polar surface area (TPSA) is 66.5 Å². The molecule has 1 N–H and O–H groups in total. The Morgan fingerprint density at radius 1 is 0.872 bits per heavy atom. The second kappa shape index (κ2) is 11.5. The van der Waals surface area contributed by atoms with Gasteiger partial charge in [0.05, 0.1) is 27.2 Å². The molecule has 0 saturated heterocycles. The number of hydrogen-bond donors (Lipinski definition) is 1.